The van der Waals surface area contributed by atoms with Crippen LogP contribution in [0.15, 0.2) is 54.9 Å². The Bertz CT molecular complexity index is 2010. The maximum absolute atomic E-state index is 14.0. The van der Waals surface area contributed by atoms with Crippen LogP contribution in [0.25, 0.3) is 33.6 Å². The van der Waals surface area contributed by atoms with Gasteiger partial charge in [0, 0.05) is 85.8 Å². The van der Waals surface area contributed by atoms with Crippen LogP contribution in [-0.4, -0.2) is 80.8 Å². The van der Waals surface area contributed by atoms with Crippen LogP contribution in [-0.2, 0) is 13.1 Å². The van der Waals surface area contributed by atoms with Gasteiger partial charge in [0.2, 0.25) is 5.88 Å². The highest BCUT2D eigenvalue weighted by molar-refractivity contribution is 6.00. The molecule has 242 valence electrons. The average molecular weight is 633 g/mol. The maximum atomic E-state index is 14.0. The van der Waals surface area contributed by atoms with Gasteiger partial charge < -0.3 is 34.1 Å². The first-order valence-electron chi connectivity index (χ1n) is 16.8. The van der Waals surface area contributed by atoms with Gasteiger partial charge in [-0.15, -0.1) is 0 Å². The number of pyridine rings is 2. The first-order chi connectivity index (χ1) is 23.0. The summed E-state index contributed by atoms with van der Waals surface area (Å²) in [5.74, 6) is 3.60. The monoisotopic (exact) mass is 632 g/mol. The Labute approximate surface area is 273 Å². The number of fused-ring (bicyclic) bond motifs is 4. The van der Waals surface area contributed by atoms with Crippen molar-refractivity contribution in [3.63, 3.8) is 0 Å². The molecule has 3 atom stereocenters. The normalized spacial score (nSPS) is 22.4. The number of aromatic nitrogens is 5. The van der Waals surface area contributed by atoms with E-state index < -0.39 is 0 Å². The molecule has 6 heterocycles. The van der Waals surface area contributed by atoms with Crippen molar-refractivity contribution >= 4 is 33.7 Å². The number of carbonyl (C=O) groups excluding carboxylic acids is 1. The van der Waals surface area contributed by atoms with Crippen molar-refractivity contribution in [2.24, 2.45) is 23.5 Å². The van der Waals surface area contributed by atoms with Gasteiger partial charge >= 0.3 is 0 Å². The van der Waals surface area contributed by atoms with Gasteiger partial charge in [-0.2, -0.15) is 0 Å². The fraction of sp³-hybridized carbons (Fsp3) is 0.444. The van der Waals surface area contributed by atoms with Crippen LogP contribution in [0.5, 0.6) is 11.6 Å². The van der Waals surface area contributed by atoms with Gasteiger partial charge in [-0.25, -0.2) is 15.0 Å². The molecule has 2 saturated heterocycles. The van der Waals surface area contributed by atoms with Crippen molar-refractivity contribution < 1.29 is 14.3 Å². The summed E-state index contributed by atoms with van der Waals surface area (Å²) in [6.45, 7) is 4.20. The Morgan fingerprint density at radius 3 is 2.51 bits per heavy atom. The highest BCUT2D eigenvalue weighted by Crippen LogP contribution is 2.41. The van der Waals surface area contributed by atoms with Crippen LogP contribution < -0.4 is 20.1 Å². The topological polar surface area (TPSA) is 117 Å². The first-order valence-corrected chi connectivity index (χ1v) is 16.8. The van der Waals surface area contributed by atoms with E-state index >= 15 is 0 Å². The molecular weight excluding hydrogens is 592 g/mol. The lowest BCUT2D eigenvalue weighted by molar-refractivity contribution is 0.0700. The molecule has 11 nitrogen and oxygen atoms in total. The van der Waals surface area contributed by atoms with E-state index in [9.17, 15) is 4.79 Å². The smallest absolute Gasteiger partial charge is 0.254 e. The van der Waals surface area contributed by atoms with Crippen LogP contribution in [0, 0.1) is 17.8 Å². The minimum absolute atomic E-state index is 0.0124. The second kappa shape index (κ2) is 11.0. The zero-order valence-corrected chi connectivity index (χ0v) is 26.9. The van der Waals surface area contributed by atoms with Gasteiger partial charge in [-0.3, -0.25) is 4.79 Å². The minimum atomic E-state index is 0.0124. The number of likely N-dealkylation sites (tertiary alicyclic amines) is 1. The lowest BCUT2D eigenvalue weighted by Crippen LogP contribution is -2.48. The molecule has 4 fully saturated rings. The number of nitrogens with two attached hydrogens (primary N) is 1. The number of amides is 1. The second-order valence-corrected chi connectivity index (χ2v) is 13.9. The van der Waals surface area contributed by atoms with Crippen molar-refractivity contribution in [2.75, 3.05) is 38.8 Å². The SMILES string of the molecule is COc1cc(N2CC(Cn3c(-c4cc5cccnc5n4CC4CC4)nc4cc(C(=O)N5CC6CCC5[C@@H]6N)cc(OC)c43)C2)ccn1. The number of hydrogen-bond donors (Lipinski definition) is 1. The molecule has 9 rings (SSSR count). The van der Waals surface area contributed by atoms with E-state index in [0.29, 0.717) is 34.9 Å². The van der Waals surface area contributed by atoms with Crippen LogP contribution in [0.1, 0.15) is 36.0 Å². The van der Waals surface area contributed by atoms with Gasteiger partial charge in [0.15, 0.2) is 5.82 Å². The van der Waals surface area contributed by atoms with Crippen molar-refractivity contribution in [1.29, 1.82) is 0 Å². The summed E-state index contributed by atoms with van der Waals surface area (Å²) in [4.78, 5) is 32.7. The summed E-state index contributed by atoms with van der Waals surface area (Å²) < 4.78 is 16.1. The number of piperidine rings is 1. The molecule has 4 aromatic heterocycles. The Kier molecular flexibility index (Phi) is 6.67. The van der Waals surface area contributed by atoms with Crippen LogP contribution >= 0.6 is 0 Å². The van der Waals surface area contributed by atoms with Gasteiger partial charge in [-0.1, -0.05) is 0 Å². The van der Waals surface area contributed by atoms with E-state index in [1.165, 1.54) is 12.8 Å². The molecule has 2 saturated carbocycles. The molecule has 2 aliphatic heterocycles. The Morgan fingerprint density at radius 1 is 0.915 bits per heavy atom. The molecule has 2 unspecified atom stereocenters. The third-order valence-electron chi connectivity index (χ3n) is 10.9. The molecule has 5 aromatic rings. The van der Waals surface area contributed by atoms with E-state index in [1.807, 2.05) is 41.4 Å². The molecular formula is C36H40N8O3. The Hall–Kier alpha value is -4.64. The summed E-state index contributed by atoms with van der Waals surface area (Å²) in [5, 5.41) is 1.10. The number of nitrogens with zero attached hydrogens (tertiary/aromatic N) is 7. The zero-order valence-electron chi connectivity index (χ0n) is 26.9. The number of rotatable bonds is 9. The van der Waals surface area contributed by atoms with Gasteiger partial charge in [0.1, 0.15) is 16.9 Å². The summed E-state index contributed by atoms with van der Waals surface area (Å²) >= 11 is 0. The van der Waals surface area contributed by atoms with Gasteiger partial charge in [0.05, 0.1) is 25.4 Å². The number of imidazole rings is 1. The fourth-order valence-electron chi connectivity index (χ4n) is 8.21. The number of carbonyl (C=O) groups is 1. The Balaban J connectivity index is 1.13. The summed E-state index contributed by atoms with van der Waals surface area (Å²) in [6, 6.07) is 14.4. The highest BCUT2D eigenvalue weighted by atomic mass is 16.5. The molecule has 1 amide bonds. The fourth-order valence-corrected chi connectivity index (χ4v) is 8.21. The number of hydrogen-bond acceptors (Lipinski definition) is 8. The quantitative estimate of drug-likeness (QED) is 0.251. The van der Waals surface area contributed by atoms with Crippen LogP contribution in [0.2, 0.25) is 0 Å². The highest BCUT2D eigenvalue weighted by Gasteiger charge is 2.47. The van der Waals surface area contributed by atoms with Crippen LogP contribution in [0.4, 0.5) is 5.69 Å². The molecule has 0 spiro atoms. The predicted octanol–water partition coefficient (Wildman–Crippen LogP) is 4.57. The average Bonchev–Trinajstić information content (AvgIpc) is 3.44. The molecule has 2 N–H and O–H groups in total. The van der Waals surface area contributed by atoms with Crippen LogP contribution in [0.3, 0.4) is 0 Å². The molecule has 2 bridgehead atoms. The number of methoxy groups -OCH3 is 2. The first kappa shape index (κ1) is 28.6. The standard InChI is InChI=1S/C36H40N8O3/c1-46-30-14-25(36(45)43-20-24-7-8-28(43)32(24)37)12-27-33(30)44(19-22-16-41(17-22)26-9-11-38-31(15-26)47-2)35(40-27)29-13-23-4-3-10-39-34(23)42(29)18-21-5-6-21/h3-4,9-15,21-22,24,28,32H,5-8,16-20,37H2,1-2H3/t24?,28?,32-/m1/s1. The predicted molar refractivity (Wildman–Crippen MR) is 180 cm³/mol. The van der Waals surface area contributed by atoms with E-state index in [-0.39, 0.29) is 18.0 Å². The number of ether oxygens (including phenoxy) is 2. The summed E-state index contributed by atoms with van der Waals surface area (Å²) in [7, 11) is 3.33. The second-order valence-electron chi connectivity index (χ2n) is 13.9. The molecule has 1 aromatic carbocycles. The minimum Gasteiger partial charge on any atom is -0.494 e. The van der Waals surface area contributed by atoms with Crippen molar-refractivity contribution in [1.82, 2.24) is 29.0 Å². The lowest BCUT2D eigenvalue weighted by Gasteiger charge is -2.41. The number of anilines is 1. The van der Waals surface area contributed by atoms with E-state index in [1.54, 1.807) is 20.4 Å². The third-order valence-corrected chi connectivity index (χ3v) is 10.9. The summed E-state index contributed by atoms with van der Waals surface area (Å²) in [5.41, 5.74) is 11.9. The molecule has 4 aliphatic rings. The third kappa shape index (κ3) is 4.73. The van der Waals surface area contributed by atoms with E-state index in [4.69, 9.17) is 25.2 Å². The molecule has 47 heavy (non-hydrogen) atoms. The van der Waals surface area contributed by atoms with E-state index in [0.717, 1.165) is 84.8 Å². The van der Waals surface area contributed by atoms with Gasteiger partial charge in [-0.05, 0) is 73.9 Å². The van der Waals surface area contributed by atoms with Crippen molar-refractivity contribution in [3.8, 4) is 23.1 Å². The number of benzene rings is 1. The Morgan fingerprint density at radius 2 is 1.77 bits per heavy atom. The van der Waals surface area contributed by atoms with Crippen molar-refractivity contribution in [2.45, 2.75) is 50.9 Å². The lowest BCUT2D eigenvalue weighted by atomic mass is 9.99. The van der Waals surface area contributed by atoms with Gasteiger partial charge in [0.25, 0.3) is 5.91 Å². The molecule has 0 radical (unpaired) electrons. The molecule has 11 heteroatoms. The largest absolute Gasteiger partial charge is 0.494 e. The summed E-state index contributed by atoms with van der Waals surface area (Å²) in [6.07, 6.45) is 8.21. The van der Waals surface area contributed by atoms with E-state index in [2.05, 4.69) is 31.2 Å². The maximum Gasteiger partial charge on any atom is 0.254 e. The molecule has 2 aliphatic carbocycles. The van der Waals surface area contributed by atoms with Crippen molar-refractivity contribution in [3.05, 3.63) is 60.4 Å². The zero-order chi connectivity index (χ0) is 31.8.